The van der Waals surface area contributed by atoms with Gasteiger partial charge in [0.2, 0.25) is 0 Å². The van der Waals surface area contributed by atoms with E-state index in [4.69, 9.17) is 24.6 Å². The number of hydrogen-bond donors (Lipinski definition) is 2. The Morgan fingerprint density at radius 3 is 2.35 bits per heavy atom. The first kappa shape index (κ1) is 32.4. The molecule has 244 valence electrons. The predicted octanol–water partition coefficient (Wildman–Crippen LogP) is 5.42. The number of aryl methyl sites for hydroxylation is 1. The van der Waals surface area contributed by atoms with Gasteiger partial charge in [-0.3, -0.25) is 9.67 Å². The van der Waals surface area contributed by atoms with E-state index in [2.05, 4.69) is 11.6 Å². The number of piperidine rings is 1. The monoisotopic (exact) mass is 646 g/mol. The van der Waals surface area contributed by atoms with Crippen molar-refractivity contribution in [1.82, 2.24) is 29.7 Å². The molecule has 4 aromatic rings. The summed E-state index contributed by atoms with van der Waals surface area (Å²) in [7, 11) is 0. The van der Waals surface area contributed by atoms with Gasteiger partial charge in [0, 0.05) is 60.1 Å². The minimum Gasteiger partial charge on any atom is -0.427 e. The van der Waals surface area contributed by atoms with Gasteiger partial charge in [-0.25, -0.2) is 14.7 Å². The molecule has 4 heterocycles. The van der Waals surface area contributed by atoms with Crippen LogP contribution in [0.25, 0.3) is 33.4 Å². The van der Waals surface area contributed by atoms with Crippen molar-refractivity contribution in [2.24, 2.45) is 0 Å². The van der Waals surface area contributed by atoms with Crippen LogP contribution in [-0.4, -0.2) is 89.4 Å². The SMILES string of the molecule is Cc1nn(C2CCN(OC(=O)OC(C)(C)C)CC2)c(C)c1-c1cnc2cccc(-c3ccc(C(O)(O)N4CCSCC4)cc3)c2n1. The third-order valence-corrected chi connectivity index (χ3v) is 9.49. The second-order valence-corrected chi connectivity index (χ2v) is 14.2. The Kier molecular flexibility index (Phi) is 9.10. The number of carbonyl (C=O) groups is 1. The van der Waals surface area contributed by atoms with Crippen molar-refractivity contribution in [3.8, 4) is 22.4 Å². The molecule has 11 nitrogen and oxygen atoms in total. The lowest BCUT2D eigenvalue weighted by Crippen LogP contribution is -2.49. The molecule has 0 spiro atoms. The molecular weight excluding hydrogens is 604 g/mol. The molecule has 0 amide bonds. The van der Waals surface area contributed by atoms with E-state index in [1.165, 1.54) is 0 Å². The number of para-hydroxylation sites is 1. The van der Waals surface area contributed by atoms with Gasteiger partial charge < -0.3 is 19.8 Å². The lowest BCUT2D eigenvalue weighted by molar-refractivity contribution is -0.273. The summed E-state index contributed by atoms with van der Waals surface area (Å²) in [6.07, 6.45) is 2.66. The van der Waals surface area contributed by atoms with Gasteiger partial charge in [0.05, 0.1) is 34.7 Å². The molecule has 0 saturated carbocycles. The zero-order valence-corrected chi connectivity index (χ0v) is 27.9. The fraction of sp³-hybridized carbons (Fsp3) is 0.471. The minimum absolute atomic E-state index is 0.155. The van der Waals surface area contributed by atoms with Gasteiger partial charge in [0.15, 0.2) is 0 Å². The van der Waals surface area contributed by atoms with E-state index in [0.29, 0.717) is 31.7 Å². The van der Waals surface area contributed by atoms with Crippen LogP contribution in [0.5, 0.6) is 0 Å². The zero-order chi connectivity index (χ0) is 32.6. The average Bonchev–Trinajstić information content (AvgIpc) is 3.33. The fourth-order valence-corrected chi connectivity index (χ4v) is 7.16. The minimum atomic E-state index is -2.01. The molecule has 2 aromatic heterocycles. The molecule has 0 aliphatic carbocycles. The van der Waals surface area contributed by atoms with E-state index >= 15 is 0 Å². The maximum absolute atomic E-state index is 12.1. The number of benzene rings is 2. The summed E-state index contributed by atoms with van der Waals surface area (Å²) < 4.78 is 7.36. The lowest BCUT2D eigenvalue weighted by Gasteiger charge is -2.37. The maximum Gasteiger partial charge on any atom is 0.528 e. The van der Waals surface area contributed by atoms with Crippen molar-refractivity contribution < 1.29 is 24.6 Å². The first-order valence-corrected chi connectivity index (χ1v) is 16.9. The predicted molar refractivity (Wildman–Crippen MR) is 178 cm³/mol. The van der Waals surface area contributed by atoms with E-state index in [9.17, 15) is 15.0 Å². The van der Waals surface area contributed by atoms with Gasteiger partial charge in [-0.15, -0.1) is 5.06 Å². The Morgan fingerprint density at radius 2 is 1.67 bits per heavy atom. The number of rotatable bonds is 6. The fourth-order valence-electron chi connectivity index (χ4n) is 6.26. The number of nitrogens with zero attached hydrogens (tertiary/aromatic N) is 6. The van der Waals surface area contributed by atoms with Gasteiger partial charge in [-0.1, -0.05) is 36.4 Å². The van der Waals surface area contributed by atoms with E-state index in [1.54, 1.807) is 28.3 Å². The largest absolute Gasteiger partial charge is 0.528 e. The number of aromatic nitrogens is 4. The van der Waals surface area contributed by atoms with Crippen molar-refractivity contribution in [2.45, 2.75) is 65.0 Å². The molecule has 6 rings (SSSR count). The second-order valence-electron chi connectivity index (χ2n) is 12.9. The summed E-state index contributed by atoms with van der Waals surface area (Å²) in [4.78, 5) is 29.1. The average molecular weight is 647 g/mol. The van der Waals surface area contributed by atoms with E-state index in [-0.39, 0.29) is 6.04 Å². The molecule has 2 aliphatic heterocycles. The maximum atomic E-state index is 12.1. The van der Waals surface area contributed by atoms with Crippen LogP contribution in [0, 0.1) is 13.8 Å². The second kappa shape index (κ2) is 12.9. The van der Waals surface area contributed by atoms with Crippen molar-refractivity contribution in [3.63, 3.8) is 0 Å². The van der Waals surface area contributed by atoms with Gasteiger partial charge in [0.1, 0.15) is 5.60 Å². The highest BCUT2D eigenvalue weighted by atomic mass is 32.2. The van der Waals surface area contributed by atoms with Crippen LogP contribution in [0.15, 0.2) is 48.7 Å². The van der Waals surface area contributed by atoms with Gasteiger partial charge in [0.25, 0.3) is 5.91 Å². The van der Waals surface area contributed by atoms with Crippen molar-refractivity contribution in [2.75, 3.05) is 37.7 Å². The molecule has 2 aromatic carbocycles. The highest BCUT2D eigenvalue weighted by Gasteiger charge is 2.35. The summed E-state index contributed by atoms with van der Waals surface area (Å²) >= 11 is 1.82. The Morgan fingerprint density at radius 1 is 0.978 bits per heavy atom. The Bertz CT molecular complexity index is 1700. The number of thioether (sulfide) groups is 1. The summed E-state index contributed by atoms with van der Waals surface area (Å²) in [6, 6.07) is 13.4. The third kappa shape index (κ3) is 6.77. The molecule has 46 heavy (non-hydrogen) atoms. The molecule has 12 heteroatoms. The molecule has 0 bridgehead atoms. The lowest BCUT2D eigenvalue weighted by atomic mass is 10.0. The first-order valence-electron chi connectivity index (χ1n) is 15.8. The van der Waals surface area contributed by atoms with E-state index in [1.807, 2.05) is 69.8 Å². The molecule has 2 fully saturated rings. The number of carbonyl (C=O) groups excluding carboxylic acids is 1. The number of fused-ring (bicyclic) bond motifs is 1. The molecule has 0 atom stereocenters. The number of aliphatic hydroxyl groups is 2. The summed E-state index contributed by atoms with van der Waals surface area (Å²) in [5.74, 6) is -0.262. The summed E-state index contributed by atoms with van der Waals surface area (Å²) in [6.45, 7) is 11.9. The number of hydrogen-bond acceptors (Lipinski definition) is 11. The highest BCUT2D eigenvalue weighted by molar-refractivity contribution is 7.99. The molecule has 0 radical (unpaired) electrons. The van der Waals surface area contributed by atoms with Crippen LogP contribution in [0.3, 0.4) is 0 Å². The zero-order valence-electron chi connectivity index (χ0n) is 27.1. The van der Waals surface area contributed by atoms with E-state index in [0.717, 1.165) is 69.2 Å². The highest BCUT2D eigenvalue weighted by Crippen LogP contribution is 2.34. The topological polar surface area (TPSA) is 126 Å². The smallest absolute Gasteiger partial charge is 0.427 e. The number of hydroxylamine groups is 2. The Balaban J connectivity index is 1.22. The van der Waals surface area contributed by atoms with Crippen LogP contribution in [0.4, 0.5) is 4.79 Å². The van der Waals surface area contributed by atoms with Crippen LogP contribution >= 0.6 is 11.8 Å². The molecule has 0 unspecified atom stereocenters. The summed E-state index contributed by atoms with van der Waals surface area (Å²) in [5.41, 5.74) is 6.78. The summed E-state index contributed by atoms with van der Waals surface area (Å²) in [5, 5.41) is 28.5. The van der Waals surface area contributed by atoms with Gasteiger partial charge in [-0.05, 0) is 59.1 Å². The van der Waals surface area contributed by atoms with Crippen LogP contribution in [-0.2, 0) is 15.5 Å². The quantitative estimate of drug-likeness (QED) is 0.206. The standard InChI is InChI=1S/C34H42N6O5S/c1-22-30(23(2)40(37-22)26-13-15-39(16-14-26)45-32(41)44-33(3,4)5)29-21-35-28-8-6-7-27(31(28)36-29)24-9-11-25(12-10-24)34(42,43)38-17-19-46-20-18-38/h6-12,21,26,42-43H,13-20H2,1-5H3. The molecular formula is C34H42N6O5S. The molecule has 2 N–H and O–H groups in total. The Hall–Kier alpha value is -3.55. The molecule has 2 saturated heterocycles. The first-order chi connectivity index (χ1) is 21.9. The van der Waals surface area contributed by atoms with Crippen LogP contribution < -0.4 is 0 Å². The Labute approximate surface area is 273 Å². The molecule has 2 aliphatic rings. The van der Waals surface area contributed by atoms with Gasteiger partial charge in [-0.2, -0.15) is 16.9 Å². The van der Waals surface area contributed by atoms with Crippen LogP contribution in [0.1, 0.15) is 56.6 Å². The number of ether oxygens (including phenoxy) is 1. The normalized spacial score (nSPS) is 17.4. The van der Waals surface area contributed by atoms with Crippen LogP contribution in [0.2, 0.25) is 0 Å². The van der Waals surface area contributed by atoms with Crippen molar-refractivity contribution >= 4 is 29.0 Å². The van der Waals surface area contributed by atoms with E-state index < -0.39 is 17.7 Å². The van der Waals surface area contributed by atoms with Crippen molar-refractivity contribution in [3.05, 3.63) is 65.6 Å². The van der Waals surface area contributed by atoms with Gasteiger partial charge >= 0.3 is 6.16 Å². The third-order valence-electron chi connectivity index (χ3n) is 8.55. The van der Waals surface area contributed by atoms with Crippen molar-refractivity contribution in [1.29, 1.82) is 0 Å².